The van der Waals surface area contributed by atoms with Crippen molar-refractivity contribution in [2.24, 2.45) is 4.99 Å². The molecule has 0 fully saturated rings. The van der Waals surface area contributed by atoms with Crippen LogP contribution in [-0.4, -0.2) is 64.5 Å². The predicted molar refractivity (Wildman–Crippen MR) is 103 cm³/mol. The normalized spacial score (nSPS) is 17.0. The zero-order valence-electron chi connectivity index (χ0n) is 17.5. The highest BCUT2D eigenvalue weighted by Crippen LogP contribution is 2.23. The van der Waals surface area contributed by atoms with Gasteiger partial charge in [-0.05, 0) is 66.9 Å². The van der Waals surface area contributed by atoms with E-state index < -0.39 is 23.4 Å². The second kappa shape index (κ2) is 9.21. The fourth-order valence-corrected chi connectivity index (χ4v) is 2.35. The molecule has 1 heterocycles. The first kappa shape index (κ1) is 23.0. The maximum absolute atomic E-state index is 12.8. The Morgan fingerprint density at radius 3 is 2.22 bits per heavy atom. The Bertz CT molecular complexity index is 599. The number of likely N-dealkylation sites (N-methyl/N-ethyl adjacent to an activating group) is 1. The Kier molecular flexibility index (Phi) is 7.83. The lowest BCUT2D eigenvalue weighted by Gasteiger charge is -2.36. The Morgan fingerprint density at radius 2 is 1.70 bits per heavy atom. The molecule has 27 heavy (non-hydrogen) atoms. The van der Waals surface area contributed by atoms with Gasteiger partial charge in [0.2, 0.25) is 5.96 Å². The highest BCUT2D eigenvalue weighted by molar-refractivity contribution is 6.01. The molecule has 0 aromatic heterocycles. The van der Waals surface area contributed by atoms with Gasteiger partial charge in [0.1, 0.15) is 11.2 Å². The summed E-state index contributed by atoms with van der Waals surface area (Å²) in [5.74, 6) is 0.167. The number of aliphatic hydroxyl groups is 1. The van der Waals surface area contributed by atoms with E-state index in [1.165, 1.54) is 4.90 Å². The second-order valence-electron chi connectivity index (χ2n) is 8.46. The molecule has 0 saturated heterocycles. The molecule has 0 spiro atoms. The molecular weight excluding hydrogens is 350 g/mol. The van der Waals surface area contributed by atoms with Crippen molar-refractivity contribution >= 4 is 18.1 Å². The van der Waals surface area contributed by atoms with E-state index in [-0.39, 0.29) is 12.6 Å². The number of allylic oxidation sites excluding steroid dienone is 1. The van der Waals surface area contributed by atoms with Gasteiger partial charge in [0, 0.05) is 25.9 Å². The number of guanidine groups is 1. The van der Waals surface area contributed by atoms with Gasteiger partial charge in [-0.3, -0.25) is 0 Å². The van der Waals surface area contributed by atoms with Crippen LogP contribution in [0.1, 0.15) is 60.8 Å². The number of aliphatic imine (C=N–C) groups is 1. The molecule has 0 saturated carbocycles. The van der Waals surface area contributed by atoms with E-state index in [1.807, 2.05) is 6.08 Å². The molecule has 1 aliphatic heterocycles. The molecule has 0 unspecified atom stereocenters. The van der Waals surface area contributed by atoms with Crippen LogP contribution in [0.2, 0.25) is 0 Å². The van der Waals surface area contributed by atoms with Crippen LogP contribution in [0.25, 0.3) is 0 Å². The highest BCUT2D eigenvalue weighted by Gasteiger charge is 2.34. The number of carbonyl (C=O) groups excluding carboxylic acids is 2. The third-order valence-electron chi connectivity index (χ3n) is 3.43. The molecule has 0 aromatic rings. The largest absolute Gasteiger partial charge is 0.443 e. The van der Waals surface area contributed by atoms with E-state index in [4.69, 9.17) is 14.6 Å². The minimum atomic E-state index is -0.769. The first-order valence-electron chi connectivity index (χ1n) is 9.20. The standard InChI is InChI=1S/C19H33N3O5/c1-18(2,3)26-16(24)20-15-21(7)12-11-14(10-8-9-13-23)22(15)17(25)27-19(4,5)6/h11,23H,8-10,12-13H2,1-7H3/b20-15+. The van der Waals surface area contributed by atoms with Crippen LogP contribution in [0.5, 0.6) is 0 Å². The molecule has 1 rings (SSSR count). The topological polar surface area (TPSA) is 91.7 Å². The van der Waals surface area contributed by atoms with Crippen LogP contribution in [0.15, 0.2) is 16.8 Å². The quantitative estimate of drug-likeness (QED) is 0.747. The van der Waals surface area contributed by atoms with Gasteiger partial charge in [-0.1, -0.05) is 0 Å². The lowest BCUT2D eigenvalue weighted by molar-refractivity contribution is 0.0384. The molecule has 8 nitrogen and oxygen atoms in total. The number of hydrogen-bond donors (Lipinski definition) is 1. The van der Waals surface area contributed by atoms with Crippen LogP contribution < -0.4 is 0 Å². The van der Waals surface area contributed by atoms with Gasteiger partial charge in [0.15, 0.2) is 0 Å². The predicted octanol–water partition coefficient (Wildman–Crippen LogP) is 3.51. The van der Waals surface area contributed by atoms with Crippen molar-refractivity contribution in [2.75, 3.05) is 20.2 Å². The van der Waals surface area contributed by atoms with Crippen molar-refractivity contribution in [2.45, 2.75) is 72.0 Å². The molecule has 8 heteroatoms. The van der Waals surface area contributed by atoms with Crippen molar-refractivity contribution in [1.82, 2.24) is 9.80 Å². The summed E-state index contributed by atoms with van der Waals surface area (Å²) in [6, 6.07) is 0. The van der Waals surface area contributed by atoms with E-state index in [0.29, 0.717) is 31.5 Å². The van der Waals surface area contributed by atoms with Gasteiger partial charge in [0.25, 0.3) is 0 Å². The molecule has 154 valence electrons. The van der Waals surface area contributed by atoms with Gasteiger partial charge in [-0.15, -0.1) is 4.99 Å². The summed E-state index contributed by atoms with van der Waals surface area (Å²) in [5, 5.41) is 9.03. The maximum atomic E-state index is 12.8. The van der Waals surface area contributed by atoms with Crippen molar-refractivity contribution < 1.29 is 24.2 Å². The number of amides is 2. The molecule has 0 aliphatic carbocycles. The smallest absolute Gasteiger partial charge is 0.437 e. The van der Waals surface area contributed by atoms with Gasteiger partial charge in [0.05, 0.1) is 0 Å². The number of ether oxygens (including phenoxy) is 2. The average molecular weight is 383 g/mol. The SMILES string of the molecule is CN1CC=C(CCCCO)N(C(=O)OC(C)(C)C)/C1=N/C(=O)OC(C)(C)C. The van der Waals surface area contributed by atoms with Gasteiger partial charge < -0.3 is 19.5 Å². The monoisotopic (exact) mass is 383 g/mol. The van der Waals surface area contributed by atoms with E-state index >= 15 is 0 Å². The van der Waals surface area contributed by atoms with E-state index in [0.717, 1.165) is 0 Å². The third-order valence-corrected chi connectivity index (χ3v) is 3.43. The summed E-state index contributed by atoms with van der Waals surface area (Å²) in [6.07, 6.45) is 2.40. The van der Waals surface area contributed by atoms with Crippen LogP contribution in [0.3, 0.4) is 0 Å². The number of rotatable bonds is 4. The minimum absolute atomic E-state index is 0.0818. The first-order valence-corrected chi connectivity index (χ1v) is 9.20. The van der Waals surface area contributed by atoms with E-state index in [2.05, 4.69) is 4.99 Å². The van der Waals surface area contributed by atoms with Gasteiger partial charge in [-0.2, -0.15) is 0 Å². The Balaban J connectivity index is 3.20. The number of carbonyl (C=O) groups is 2. The number of unbranched alkanes of at least 4 members (excludes halogenated alkanes) is 1. The van der Waals surface area contributed by atoms with E-state index in [1.54, 1.807) is 53.5 Å². The summed E-state index contributed by atoms with van der Waals surface area (Å²) in [7, 11) is 1.74. The lowest BCUT2D eigenvalue weighted by atomic mass is 10.1. The Hall–Kier alpha value is -2.09. The molecule has 1 N–H and O–H groups in total. The molecule has 2 amide bonds. The molecular formula is C19H33N3O5. The van der Waals surface area contributed by atoms with Crippen molar-refractivity contribution in [1.29, 1.82) is 0 Å². The summed E-state index contributed by atoms with van der Waals surface area (Å²) < 4.78 is 10.8. The van der Waals surface area contributed by atoms with Crippen LogP contribution in [-0.2, 0) is 9.47 Å². The number of hydrogen-bond acceptors (Lipinski definition) is 5. The maximum Gasteiger partial charge on any atom is 0.437 e. The number of aliphatic hydroxyl groups excluding tert-OH is 1. The summed E-state index contributed by atoms with van der Waals surface area (Å²) in [4.78, 5) is 32.1. The zero-order valence-corrected chi connectivity index (χ0v) is 17.5. The van der Waals surface area contributed by atoms with Gasteiger partial charge >= 0.3 is 12.2 Å². The third kappa shape index (κ3) is 7.99. The summed E-state index contributed by atoms with van der Waals surface area (Å²) in [6.45, 7) is 11.2. The van der Waals surface area contributed by atoms with Crippen molar-refractivity contribution in [3.8, 4) is 0 Å². The Labute approximate surface area is 161 Å². The lowest BCUT2D eigenvalue weighted by Crippen LogP contribution is -2.50. The molecule has 1 aliphatic rings. The molecule has 0 bridgehead atoms. The molecule has 0 aromatic carbocycles. The number of nitrogens with zero attached hydrogens (tertiary/aromatic N) is 3. The molecule has 0 radical (unpaired) electrons. The Morgan fingerprint density at radius 1 is 1.11 bits per heavy atom. The fourth-order valence-electron chi connectivity index (χ4n) is 2.35. The second-order valence-corrected chi connectivity index (χ2v) is 8.46. The van der Waals surface area contributed by atoms with Crippen LogP contribution in [0, 0.1) is 0 Å². The summed E-state index contributed by atoms with van der Waals surface area (Å²) >= 11 is 0. The van der Waals surface area contributed by atoms with Crippen LogP contribution >= 0.6 is 0 Å². The fraction of sp³-hybridized carbons (Fsp3) is 0.737. The first-order chi connectivity index (χ1) is 12.3. The average Bonchev–Trinajstić information content (AvgIpc) is 2.46. The van der Waals surface area contributed by atoms with Gasteiger partial charge in [-0.25, -0.2) is 14.5 Å². The molecule has 0 atom stereocenters. The highest BCUT2D eigenvalue weighted by atomic mass is 16.6. The minimum Gasteiger partial charge on any atom is -0.443 e. The zero-order chi connectivity index (χ0) is 20.8. The van der Waals surface area contributed by atoms with Crippen molar-refractivity contribution in [3.05, 3.63) is 11.8 Å². The van der Waals surface area contributed by atoms with Crippen molar-refractivity contribution in [3.63, 3.8) is 0 Å². The van der Waals surface area contributed by atoms with E-state index in [9.17, 15) is 9.59 Å². The van der Waals surface area contributed by atoms with Crippen LogP contribution in [0.4, 0.5) is 9.59 Å². The summed E-state index contributed by atoms with van der Waals surface area (Å²) in [5.41, 5.74) is -0.691.